The number of nitrogens with one attached hydrogen (secondary N) is 1. The Morgan fingerprint density at radius 3 is 3.17 bits per heavy atom. The molecule has 1 N–H and O–H groups in total. The predicted molar refractivity (Wildman–Crippen MR) is 89.3 cm³/mol. The van der Waals surface area contributed by atoms with Gasteiger partial charge >= 0.3 is 0 Å². The van der Waals surface area contributed by atoms with Crippen LogP contribution in [0.15, 0.2) is 24.8 Å². The molecule has 0 unspecified atom stereocenters. The topological polar surface area (TPSA) is 75.9 Å². The van der Waals surface area contributed by atoms with Gasteiger partial charge in [-0.15, -0.1) is 0 Å². The van der Waals surface area contributed by atoms with Gasteiger partial charge in [-0.1, -0.05) is 0 Å². The van der Waals surface area contributed by atoms with Crippen molar-refractivity contribution in [2.45, 2.75) is 38.8 Å². The first-order valence-corrected chi connectivity index (χ1v) is 8.54. The highest BCUT2D eigenvalue weighted by molar-refractivity contribution is 5.91. The second-order valence-corrected chi connectivity index (χ2v) is 6.74. The maximum absolute atomic E-state index is 12.4. The van der Waals surface area contributed by atoms with E-state index in [2.05, 4.69) is 32.2 Å². The fraction of sp³-hybridized carbons (Fsp3) is 0.529. The highest BCUT2D eigenvalue weighted by atomic mass is 16.2. The van der Waals surface area contributed by atoms with Crippen LogP contribution in [0.5, 0.6) is 0 Å². The molecular formula is C17H22N6O. The van der Waals surface area contributed by atoms with Gasteiger partial charge in [0.25, 0.3) is 0 Å². The minimum Gasteiger partial charge on any atom is -0.310 e. The molecule has 0 bridgehead atoms. The van der Waals surface area contributed by atoms with E-state index in [0.29, 0.717) is 25.0 Å². The summed E-state index contributed by atoms with van der Waals surface area (Å²) < 4.78 is 1.94. The van der Waals surface area contributed by atoms with Crippen LogP contribution < -0.4 is 5.32 Å². The Hall–Kier alpha value is -2.28. The van der Waals surface area contributed by atoms with Crippen molar-refractivity contribution in [1.29, 1.82) is 0 Å². The predicted octanol–water partition coefficient (Wildman–Crippen LogP) is 1.64. The van der Waals surface area contributed by atoms with Gasteiger partial charge in [0.1, 0.15) is 12.1 Å². The summed E-state index contributed by atoms with van der Waals surface area (Å²) >= 11 is 0. The Morgan fingerprint density at radius 2 is 2.33 bits per heavy atom. The lowest BCUT2D eigenvalue weighted by atomic mass is 10.1. The van der Waals surface area contributed by atoms with E-state index in [1.165, 1.54) is 18.4 Å². The third kappa shape index (κ3) is 3.17. The van der Waals surface area contributed by atoms with Gasteiger partial charge in [0.15, 0.2) is 0 Å². The molecule has 2 aliphatic rings. The molecule has 7 nitrogen and oxygen atoms in total. The molecule has 1 fully saturated rings. The van der Waals surface area contributed by atoms with Gasteiger partial charge in [0.05, 0.1) is 24.5 Å². The lowest BCUT2D eigenvalue weighted by Crippen LogP contribution is -2.37. The number of carbonyl (C=O) groups excluding carboxylic acids is 1. The number of aromatic nitrogens is 4. The van der Waals surface area contributed by atoms with E-state index >= 15 is 0 Å². The van der Waals surface area contributed by atoms with Crippen molar-refractivity contribution in [2.75, 3.05) is 18.4 Å². The van der Waals surface area contributed by atoms with Crippen molar-refractivity contribution in [3.05, 3.63) is 36.0 Å². The largest absolute Gasteiger partial charge is 0.310 e. The summed E-state index contributed by atoms with van der Waals surface area (Å²) in [4.78, 5) is 22.9. The van der Waals surface area contributed by atoms with E-state index in [-0.39, 0.29) is 5.91 Å². The van der Waals surface area contributed by atoms with Crippen molar-refractivity contribution in [1.82, 2.24) is 24.6 Å². The molecule has 1 aliphatic heterocycles. The van der Waals surface area contributed by atoms with Gasteiger partial charge in [-0.05, 0) is 37.7 Å². The van der Waals surface area contributed by atoms with Gasteiger partial charge in [-0.25, -0.2) is 14.6 Å². The van der Waals surface area contributed by atoms with Gasteiger partial charge in [0.2, 0.25) is 5.91 Å². The van der Waals surface area contributed by atoms with Crippen molar-refractivity contribution in [2.24, 2.45) is 5.92 Å². The van der Waals surface area contributed by atoms with E-state index in [1.807, 2.05) is 16.9 Å². The zero-order valence-electron chi connectivity index (χ0n) is 13.9. The summed E-state index contributed by atoms with van der Waals surface area (Å²) in [5, 5.41) is 7.39. The van der Waals surface area contributed by atoms with Crippen LogP contribution in [-0.2, 0) is 17.8 Å². The Kier molecular flexibility index (Phi) is 4.02. The smallest absolute Gasteiger partial charge is 0.239 e. The molecule has 7 heteroatoms. The summed E-state index contributed by atoms with van der Waals surface area (Å²) in [6.45, 7) is 4.09. The highest BCUT2D eigenvalue weighted by Gasteiger charge is 2.31. The quantitative estimate of drug-likeness (QED) is 0.904. The van der Waals surface area contributed by atoms with Crippen LogP contribution in [0.1, 0.15) is 37.1 Å². The first kappa shape index (κ1) is 15.3. The number of anilines is 1. The Morgan fingerprint density at radius 1 is 1.46 bits per heavy atom. The molecule has 1 aliphatic carbocycles. The number of nitrogens with zero attached hydrogens (tertiary/aromatic N) is 5. The van der Waals surface area contributed by atoms with E-state index in [9.17, 15) is 4.79 Å². The minimum absolute atomic E-state index is 0.00254. The van der Waals surface area contributed by atoms with Crippen molar-refractivity contribution in [3.63, 3.8) is 0 Å². The summed E-state index contributed by atoms with van der Waals surface area (Å²) in [7, 11) is 0. The molecule has 24 heavy (non-hydrogen) atoms. The first-order valence-electron chi connectivity index (χ1n) is 8.54. The van der Waals surface area contributed by atoms with Gasteiger partial charge in [-0.3, -0.25) is 9.69 Å². The number of hydrogen-bond acceptors (Lipinski definition) is 5. The average molecular weight is 326 g/mol. The second-order valence-electron chi connectivity index (χ2n) is 6.74. The van der Waals surface area contributed by atoms with Crippen molar-refractivity contribution < 1.29 is 4.79 Å². The summed E-state index contributed by atoms with van der Waals surface area (Å²) in [6, 6.07) is 2.21. The van der Waals surface area contributed by atoms with E-state index in [4.69, 9.17) is 0 Å². The molecular weight excluding hydrogens is 304 g/mol. The highest BCUT2D eigenvalue weighted by Crippen LogP contribution is 2.40. The first-order chi connectivity index (χ1) is 11.7. The summed E-state index contributed by atoms with van der Waals surface area (Å²) in [5.41, 5.74) is 2.21. The van der Waals surface area contributed by atoms with Crippen molar-refractivity contribution in [3.8, 4) is 0 Å². The lowest BCUT2D eigenvalue weighted by molar-refractivity contribution is -0.117. The van der Waals surface area contributed by atoms with Gasteiger partial charge < -0.3 is 5.32 Å². The molecule has 0 spiro atoms. The number of fused-ring (bicyclic) bond motifs is 1. The van der Waals surface area contributed by atoms with Crippen LogP contribution >= 0.6 is 0 Å². The average Bonchev–Trinajstić information content (AvgIpc) is 3.34. The SMILES string of the molecule is C[C@H](C1CC1)n1nccc1NC(=O)CN1CCc2cncnc2C1. The van der Waals surface area contributed by atoms with Crippen LogP contribution in [-0.4, -0.2) is 43.6 Å². The van der Waals surface area contributed by atoms with Crippen LogP contribution in [0, 0.1) is 5.92 Å². The van der Waals surface area contributed by atoms with Gasteiger partial charge in [0, 0.05) is 25.4 Å². The maximum Gasteiger partial charge on any atom is 0.239 e. The third-order valence-corrected chi connectivity index (χ3v) is 4.95. The number of hydrogen-bond donors (Lipinski definition) is 1. The van der Waals surface area contributed by atoms with Crippen LogP contribution in [0.4, 0.5) is 5.82 Å². The van der Waals surface area contributed by atoms with Crippen molar-refractivity contribution >= 4 is 11.7 Å². The molecule has 126 valence electrons. The molecule has 0 radical (unpaired) electrons. The molecule has 1 atom stereocenters. The summed E-state index contributed by atoms with van der Waals surface area (Å²) in [6.07, 6.45) is 8.59. The molecule has 3 heterocycles. The second kappa shape index (κ2) is 6.32. The zero-order valence-corrected chi connectivity index (χ0v) is 13.9. The minimum atomic E-state index is -0.00254. The molecule has 1 amide bonds. The Balaban J connectivity index is 1.37. The molecule has 1 saturated carbocycles. The number of carbonyl (C=O) groups is 1. The number of rotatable bonds is 5. The normalized spacial score (nSPS) is 18.9. The van der Waals surface area contributed by atoms with E-state index in [0.717, 1.165) is 24.5 Å². The fourth-order valence-corrected chi connectivity index (χ4v) is 3.34. The van der Waals surface area contributed by atoms with Crippen LogP contribution in [0.3, 0.4) is 0 Å². The molecule has 2 aromatic heterocycles. The van der Waals surface area contributed by atoms with Gasteiger partial charge in [-0.2, -0.15) is 5.10 Å². The lowest BCUT2D eigenvalue weighted by Gasteiger charge is -2.27. The number of amides is 1. The molecule has 0 saturated heterocycles. The van der Waals surface area contributed by atoms with Crippen LogP contribution in [0.25, 0.3) is 0 Å². The maximum atomic E-state index is 12.4. The Bertz CT molecular complexity index is 738. The van der Waals surface area contributed by atoms with E-state index in [1.54, 1.807) is 12.5 Å². The Labute approximate surface area is 141 Å². The van der Waals surface area contributed by atoms with E-state index < -0.39 is 0 Å². The molecule has 2 aromatic rings. The summed E-state index contributed by atoms with van der Waals surface area (Å²) in [5.74, 6) is 1.48. The monoisotopic (exact) mass is 326 g/mol. The molecule has 0 aromatic carbocycles. The molecule has 4 rings (SSSR count). The standard InChI is InChI=1S/C17H22N6O/c1-12(13-2-3-13)23-16(4-6-20-23)21-17(24)10-22-7-5-14-8-18-11-19-15(14)9-22/h4,6,8,11-13H,2-3,5,7,9-10H2,1H3,(H,21,24)/t12-/m1/s1. The van der Waals surface area contributed by atoms with Crippen LogP contribution in [0.2, 0.25) is 0 Å². The zero-order chi connectivity index (χ0) is 16.5. The fourth-order valence-electron chi connectivity index (χ4n) is 3.34. The third-order valence-electron chi connectivity index (χ3n) is 4.95.